The number of aromatic amines is 1. The molecule has 0 bridgehead atoms. The number of hydrogen-bond donors (Lipinski definition) is 1. The van der Waals surface area contributed by atoms with Gasteiger partial charge in [-0.3, -0.25) is 4.79 Å². The zero-order valence-corrected chi connectivity index (χ0v) is 14.4. The second-order valence-electron chi connectivity index (χ2n) is 2.95. The zero-order valence-electron chi connectivity index (χ0n) is 11.3. The molecule has 0 aliphatic carbocycles. The van der Waals surface area contributed by atoms with Crippen LogP contribution in [0, 0.1) is 0 Å². The maximum Gasteiger partial charge on any atom is 1.00 e. The summed E-state index contributed by atoms with van der Waals surface area (Å²) >= 11 is 0. The Morgan fingerprint density at radius 2 is 2.00 bits per heavy atom. The molecule has 100 valence electrons. The van der Waals surface area contributed by atoms with Crippen molar-refractivity contribution in [1.82, 2.24) is 20.0 Å². The van der Waals surface area contributed by atoms with Gasteiger partial charge in [-0.1, -0.05) is 0 Å². The van der Waals surface area contributed by atoms with Crippen LogP contribution in [0.1, 0.15) is 11.7 Å². The van der Waals surface area contributed by atoms with E-state index in [1.807, 2.05) is 0 Å². The summed E-state index contributed by atoms with van der Waals surface area (Å²) in [5.74, 6) is 1.03. The molecule has 19 heavy (non-hydrogen) atoms. The van der Waals surface area contributed by atoms with Gasteiger partial charge in [0.2, 0.25) is 17.7 Å². The number of carbonyl (C=O) groups excluding carboxylic acids is 1. The van der Waals surface area contributed by atoms with Crippen LogP contribution in [0.5, 0.6) is 11.8 Å². The molecule has 0 radical (unpaired) electrons. The van der Waals surface area contributed by atoms with Crippen LogP contribution in [-0.4, -0.2) is 45.6 Å². The fraction of sp³-hybridized carbons (Fsp3) is 0.300. The van der Waals surface area contributed by atoms with Gasteiger partial charge in [-0.2, -0.15) is 5.10 Å². The molecule has 2 aromatic rings. The van der Waals surface area contributed by atoms with Gasteiger partial charge in [0.05, 0.1) is 20.4 Å². The van der Waals surface area contributed by atoms with Gasteiger partial charge in [-0.25, -0.2) is 9.78 Å². The molecule has 9 heteroatoms. The Balaban J connectivity index is 0. The Morgan fingerprint density at radius 1 is 1.32 bits per heavy atom. The first-order valence-electron chi connectivity index (χ1n) is 4.81. The van der Waals surface area contributed by atoms with E-state index in [1.165, 1.54) is 18.7 Å². The summed E-state index contributed by atoms with van der Waals surface area (Å²) < 4.78 is 10.7. The van der Waals surface area contributed by atoms with E-state index in [4.69, 9.17) is 9.47 Å². The summed E-state index contributed by atoms with van der Waals surface area (Å²) in [5.41, 5.74) is 0. The fourth-order valence-corrected chi connectivity index (χ4v) is 0.948. The Kier molecular flexibility index (Phi) is 12.1. The Morgan fingerprint density at radius 3 is 2.26 bits per heavy atom. The Bertz CT molecular complexity index is 458. The third kappa shape index (κ3) is 7.45. The molecule has 0 aliphatic heterocycles. The molecular formula is C10H15KN4O4. The number of rotatable bonds is 2. The number of nitrogens with one attached hydrogen (secondary N) is 1. The molecule has 0 saturated heterocycles. The normalized spacial score (nSPS) is 8.16. The average Bonchev–Trinajstić information content (AvgIpc) is 3.01. The van der Waals surface area contributed by atoms with Gasteiger partial charge >= 0.3 is 51.4 Å². The molecule has 2 N–H and O–H groups in total. The van der Waals surface area contributed by atoms with Crippen LogP contribution in [0.2, 0.25) is 0 Å². The van der Waals surface area contributed by atoms with Gasteiger partial charge in [-0.05, 0) is 0 Å². The molecule has 0 spiro atoms. The molecule has 0 fully saturated rings. The second kappa shape index (κ2) is 11.1. The number of H-pyrrole nitrogens is 1. The van der Waals surface area contributed by atoms with Gasteiger partial charge in [0.1, 0.15) is 0 Å². The van der Waals surface area contributed by atoms with Gasteiger partial charge < -0.3 is 14.9 Å². The van der Waals surface area contributed by atoms with Gasteiger partial charge in [0.15, 0.2) is 0 Å². The quantitative estimate of drug-likeness (QED) is 0.629. The van der Waals surface area contributed by atoms with E-state index in [0.29, 0.717) is 11.8 Å². The van der Waals surface area contributed by atoms with Crippen molar-refractivity contribution >= 4 is 5.91 Å². The molecule has 0 amide bonds. The number of aromatic nitrogens is 4. The second-order valence-corrected chi connectivity index (χ2v) is 2.95. The van der Waals surface area contributed by atoms with Gasteiger partial charge in [0, 0.05) is 25.3 Å². The molecule has 8 nitrogen and oxygen atoms in total. The molecule has 0 atom stereocenters. The maximum absolute atomic E-state index is 10.6. The van der Waals surface area contributed by atoms with Crippen LogP contribution < -0.4 is 60.9 Å². The van der Waals surface area contributed by atoms with Crippen LogP contribution in [-0.2, 0) is 0 Å². The number of hydrogen-bond acceptors (Lipinski definition) is 6. The molecule has 2 rings (SSSR count). The van der Waals surface area contributed by atoms with Crippen molar-refractivity contribution in [2.24, 2.45) is 0 Å². The predicted octanol–water partition coefficient (Wildman–Crippen LogP) is -2.20. The van der Waals surface area contributed by atoms with Crippen molar-refractivity contribution in [2.75, 3.05) is 14.2 Å². The topological polar surface area (TPSA) is 112 Å². The Hall–Kier alpha value is -0.714. The zero-order chi connectivity index (χ0) is 12.7. The standard InChI is InChI=1S/C6H8N2O2.C4H6N2O.K.H2O/c1-5(9)8-4-3-6(7-8)10-2;1-7-4-2-3-5-6-4;;/h3-4H,1-2H3;2-3H,1H3,(H,5,6);;1H2/q;;+1;/p-1. The van der Waals surface area contributed by atoms with E-state index in [-0.39, 0.29) is 62.8 Å². The predicted molar refractivity (Wildman–Crippen MR) is 62.2 cm³/mol. The summed E-state index contributed by atoms with van der Waals surface area (Å²) in [4.78, 5) is 10.6. The first-order valence-corrected chi connectivity index (χ1v) is 4.81. The first kappa shape index (κ1) is 20.6. The van der Waals surface area contributed by atoms with E-state index >= 15 is 0 Å². The van der Waals surface area contributed by atoms with E-state index in [9.17, 15) is 4.79 Å². The van der Waals surface area contributed by atoms with Crippen molar-refractivity contribution in [1.29, 1.82) is 0 Å². The minimum absolute atomic E-state index is 0. The minimum atomic E-state index is -0.122. The summed E-state index contributed by atoms with van der Waals surface area (Å²) in [6, 6.07) is 3.38. The molecule has 2 aromatic heterocycles. The third-order valence-electron chi connectivity index (χ3n) is 1.79. The monoisotopic (exact) mass is 294 g/mol. The van der Waals surface area contributed by atoms with Crippen molar-refractivity contribution in [3.63, 3.8) is 0 Å². The Labute approximate surface area is 153 Å². The summed E-state index contributed by atoms with van der Waals surface area (Å²) in [6.07, 6.45) is 3.19. The SMILES string of the molecule is COc1ccn(C(C)=O)n1.COc1ccn[nH]1.[K+].[OH-]. The largest absolute Gasteiger partial charge is 1.00 e. The number of ether oxygens (including phenoxy) is 2. The van der Waals surface area contributed by atoms with Crippen LogP contribution >= 0.6 is 0 Å². The molecule has 0 aromatic carbocycles. The summed E-state index contributed by atoms with van der Waals surface area (Å²) in [7, 11) is 3.10. The van der Waals surface area contributed by atoms with Gasteiger partial charge in [0.25, 0.3) is 0 Å². The summed E-state index contributed by atoms with van der Waals surface area (Å²) in [5, 5.41) is 10.0. The molecule has 0 unspecified atom stereocenters. The molecular weight excluding hydrogens is 279 g/mol. The van der Waals surface area contributed by atoms with Crippen molar-refractivity contribution in [3.05, 3.63) is 24.5 Å². The van der Waals surface area contributed by atoms with Crippen molar-refractivity contribution in [3.8, 4) is 11.8 Å². The molecule has 0 aliphatic rings. The van der Waals surface area contributed by atoms with Crippen LogP contribution in [0.15, 0.2) is 24.5 Å². The fourth-order valence-electron chi connectivity index (χ4n) is 0.948. The van der Waals surface area contributed by atoms with Gasteiger partial charge in [-0.15, -0.1) is 5.10 Å². The summed E-state index contributed by atoms with van der Waals surface area (Å²) in [6.45, 7) is 1.44. The molecule has 2 heterocycles. The minimum Gasteiger partial charge on any atom is -0.870 e. The van der Waals surface area contributed by atoms with Crippen LogP contribution in [0.3, 0.4) is 0 Å². The number of methoxy groups -OCH3 is 2. The van der Waals surface area contributed by atoms with E-state index in [1.54, 1.807) is 31.6 Å². The average molecular weight is 294 g/mol. The number of carbonyl (C=O) groups is 1. The third-order valence-corrected chi connectivity index (χ3v) is 1.79. The van der Waals surface area contributed by atoms with Crippen molar-refractivity contribution in [2.45, 2.75) is 6.92 Å². The number of nitrogens with zero attached hydrogens (tertiary/aromatic N) is 3. The van der Waals surface area contributed by atoms with Crippen LogP contribution in [0.4, 0.5) is 0 Å². The first-order chi connectivity index (χ1) is 8.17. The van der Waals surface area contributed by atoms with E-state index in [0.717, 1.165) is 0 Å². The van der Waals surface area contributed by atoms with E-state index < -0.39 is 0 Å². The van der Waals surface area contributed by atoms with Crippen molar-refractivity contribution < 1.29 is 71.1 Å². The maximum atomic E-state index is 10.6. The van der Waals surface area contributed by atoms with E-state index in [2.05, 4.69) is 15.3 Å². The van der Waals surface area contributed by atoms with Crippen LogP contribution in [0.25, 0.3) is 0 Å². The molecule has 0 saturated carbocycles. The smallest absolute Gasteiger partial charge is 0.870 e.